The highest BCUT2D eigenvalue weighted by Crippen LogP contribution is 2.33. The van der Waals surface area contributed by atoms with Crippen LogP contribution in [0.2, 0.25) is 0 Å². The zero-order chi connectivity index (χ0) is 8.55. The van der Waals surface area contributed by atoms with Crippen LogP contribution in [-0.2, 0) is 5.33 Å². The van der Waals surface area contributed by atoms with E-state index in [4.69, 9.17) is 0 Å². The van der Waals surface area contributed by atoms with E-state index in [9.17, 15) is 0 Å². The van der Waals surface area contributed by atoms with Gasteiger partial charge >= 0.3 is 0 Å². The third-order valence-electron chi connectivity index (χ3n) is 1.78. The van der Waals surface area contributed by atoms with Crippen LogP contribution in [0.15, 0.2) is 28.1 Å². The Kier molecular flexibility index (Phi) is 2.53. The van der Waals surface area contributed by atoms with E-state index >= 15 is 0 Å². The molecular weight excluding hydrogens is 300 g/mol. The van der Waals surface area contributed by atoms with Gasteiger partial charge in [0.25, 0.3) is 0 Å². The van der Waals surface area contributed by atoms with Crippen LogP contribution in [0.25, 0.3) is 10.1 Å². The first kappa shape index (κ1) is 8.73. The van der Waals surface area contributed by atoms with Gasteiger partial charge in [-0.15, -0.1) is 11.3 Å². The molecule has 0 nitrogen and oxygen atoms in total. The maximum absolute atomic E-state index is 3.53. The van der Waals surface area contributed by atoms with Crippen molar-refractivity contribution in [2.75, 3.05) is 0 Å². The molecule has 0 saturated heterocycles. The van der Waals surface area contributed by atoms with Gasteiger partial charge in [0.2, 0.25) is 0 Å². The zero-order valence-electron chi connectivity index (χ0n) is 6.18. The lowest BCUT2D eigenvalue weighted by molar-refractivity contribution is 1.51. The van der Waals surface area contributed by atoms with E-state index in [2.05, 4.69) is 55.4 Å². The topological polar surface area (TPSA) is 0 Å². The highest BCUT2D eigenvalue weighted by Gasteiger charge is 2.03. The van der Waals surface area contributed by atoms with Crippen LogP contribution in [0.4, 0.5) is 0 Å². The van der Waals surface area contributed by atoms with Gasteiger partial charge in [-0.2, -0.15) is 0 Å². The maximum atomic E-state index is 3.53. The summed E-state index contributed by atoms with van der Waals surface area (Å²) in [6.45, 7) is 0. The monoisotopic (exact) mass is 304 g/mol. The number of rotatable bonds is 1. The number of alkyl halides is 1. The average Bonchev–Trinajstić information content (AvgIpc) is 2.48. The fourth-order valence-corrected chi connectivity index (χ4v) is 3.53. The van der Waals surface area contributed by atoms with Gasteiger partial charge in [-0.05, 0) is 21.5 Å². The lowest BCUT2D eigenvalue weighted by Crippen LogP contribution is -1.75. The smallest absolute Gasteiger partial charge is 0.0394 e. The summed E-state index contributed by atoms with van der Waals surface area (Å²) in [6, 6.07) is 6.39. The van der Waals surface area contributed by atoms with E-state index in [1.54, 1.807) is 11.3 Å². The number of thiophene rings is 1. The molecule has 62 valence electrons. The minimum atomic E-state index is 0.928. The van der Waals surface area contributed by atoms with E-state index in [1.807, 2.05) is 0 Å². The van der Waals surface area contributed by atoms with E-state index in [-0.39, 0.29) is 0 Å². The summed E-state index contributed by atoms with van der Waals surface area (Å²) in [5.74, 6) is 0. The van der Waals surface area contributed by atoms with Crippen molar-refractivity contribution in [1.29, 1.82) is 0 Å². The molecule has 2 aromatic rings. The molecule has 0 N–H and O–H groups in total. The molecule has 0 aliphatic carbocycles. The van der Waals surface area contributed by atoms with Gasteiger partial charge in [0.15, 0.2) is 0 Å². The molecule has 0 aliphatic rings. The van der Waals surface area contributed by atoms with Crippen molar-refractivity contribution in [3.05, 3.63) is 33.6 Å². The van der Waals surface area contributed by atoms with Crippen LogP contribution in [0.5, 0.6) is 0 Å². The van der Waals surface area contributed by atoms with E-state index < -0.39 is 0 Å². The third kappa shape index (κ3) is 1.34. The number of benzene rings is 1. The SMILES string of the molecule is BrCc1cccc2c(Br)csc12. The highest BCUT2D eigenvalue weighted by molar-refractivity contribution is 9.10. The van der Waals surface area contributed by atoms with E-state index in [0.29, 0.717) is 0 Å². The van der Waals surface area contributed by atoms with Gasteiger partial charge in [-0.3, -0.25) is 0 Å². The van der Waals surface area contributed by atoms with Gasteiger partial charge in [0.1, 0.15) is 0 Å². The number of hydrogen-bond donors (Lipinski definition) is 0. The predicted octanol–water partition coefficient (Wildman–Crippen LogP) is 4.56. The summed E-state index contributed by atoms with van der Waals surface area (Å²) >= 11 is 8.79. The van der Waals surface area contributed by atoms with Gasteiger partial charge in [-0.1, -0.05) is 34.1 Å². The Bertz CT molecular complexity index is 406. The van der Waals surface area contributed by atoms with Gasteiger partial charge < -0.3 is 0 Å². The van der Waals surface area contributed by atoms with Gasteiger partial charge in [0, 0.05) is 25.3 Å². The van der Waals surface area contributed by atoms with Crippen molar-refractivity contribution < 1.29 is 0 Å². The minimum absolute atomic E-state index is 0.928. The lowest BCUT2D eigenvalue weighted by Gasteiger charge is -1.96. The van der Waals surface area contributed by atoms with Crippen molar-refractivity contribution in [2.24, 2.45) is 0 Å². The lowest BCUT2D eigenvalue weighted by atomic mass is 10.2. The molecule has 0 atom stereocenters. The number of halogens is 2. The van der Waals surface area contributed by atoms with Crippen LogP contribution >= 0.6 is 43.2 Å². The van der Waals surface area contributed by atoms with Crippen LogP contribution in [0.3, 0.4) is 0 Å². The summed E-state index contributed by atoms with van der Waals surface area (Å²) in [5.41, 5.74) is 1.36. The third-order valence-corrected chi connectivity index (χ3v) is 4.41. The fraction of sp³-hybridized carbons (Fsp3) is 0.111. The Morgan fingerprint density at radius 3 is 2.92 bits per heavy atom. The Balaban J connectivity index is 2.81. The van der Waals surface area contributed by atoms with E-state index in [1.165, 1.54) is 20.1 Å². The Morgan fingerprint density at radius 1 is 1.33 bits per heavy atom. The van der Waals surface area contributed by atoms with Crippen LogP contribution in [0, 0.1) is 0 Å². The first-order valence-corrected chi connectivity index (χ1v) is 6.33. The molecule has 1 heterocycles. The van der Waals surface area contributed by atoms with Gasteiger partial charge in [0.05, 0.1) is 0 Å². The Morgan fingerprint density at radius 2 is 2.17 bits per heavy atom. The summed E-state index contributed by atoms with van der Waals surface area (Å²) in [5, 5.41) is 4.38. The molecule has 2 rings (SSSR count). The maximum Gasteiger partial charge on any atom is 0.0394 e. The molecule has 1 aromatic heterocycles. The second-order valence-corrected chi connectivity index (χ2v) is 4.81. The summed E-state index contributed by atoms with van der Waals surface area (Å²) in [4.78, 5) is 0. The highest BCUT2D eigenvalue weighted by atomic mass is 79.9. The molecule has 0 amide bonds. The van der Waals surface area contributed by atoms with Crippen molar-refractivity contribution in [3.63, 3.8) is 0 Å². The van der Waals surface area contributed by atoms with Crippen molar-refractivity contribution in [1.82, 2.24) is 0 Å². The average molecular weight is 306 g/mol. The molecule has 0 unspecified atom stereocenters. The molecule has 0 aliphatic heterocycles. The zero-order valence-corrected chi connectivity index (χ0v) is 10.2. The Hall–Kier alpha value is 0.140. The predicted molar refractivity (Wildman–Crippen MR) is 62.2 cm³/mol. The molecule has 3 heteroatoms. The fourth-order valence-electron chi connectivity index (χ4n) is 1.19. The normalized spacial score (nSPS) is 10.8. The Labute approximate surface area is 91.9 Å². The molecule has 0 fully saturated rings. The molecule has 0 radical (unpaired) electrons. The molecule has 12 heavy (non-hydrogen) atoms. The van der Waals surface area contributed by atoms with Crippen molar-refractivity contribution in [2.45, 2.75) is 5.33 Å². The van der Waals surface area contributed by atoms with Crippen LogP contribution in [-0.4, -0.2) is 0 Å². The van der Waals surface area contributed by atoms with E-state index in [0.717, 1.165) is 5.33 Å². The number of hydrogen-bond acceptors (Lipinski definition) is 1. The summed E-state index contributed by atoms with van der Waals surface area (Å²) < 4.78 is 2.58. The quantitative estimate of drug-likeness (QED) is 0.678. The number of fused-ring (bicyclic) bond motifs is 1. The van der Waals surface area contributed by atoms with Crippen molar-refractivity contribution in [3.8, 4) is 0 Å². The first-order valence-electron chi connectivity index (χ1n) is 3.53. The molecule has 0 saturated carbocycles. The summed E-state index contributed by atoms with van der Waals surface area (Å²) in [6.07, 6.45) is 0. The second-order valence-electron chi connectivity index (χ2n) is 2.51. The minimum Gasteiger partial charge on any atom is -0.142 e. The largest absolute Gasteiger partial charge is 0.142 e. The van der Waals surface area contributed by atoms with Gasteiger partial charge in [-0.25, -0.2) is 0 Å². The van der Waals surface area contributed by atoms with Crippen LogP contribution in [0.1, 0.15) is 5.56 Å². The molecule has 0 spiro atoms. The molecular formula is C9H6Br2S. The first-order chi connectivity index (χ1) is 5.83. The second kappa shape index (κ2) is 3.48. The molecule has 0 bridgehead atoms. The molecule has 1 aromatic carbocycles. The van der Waals surface area contributed by atoms with Crippen LogP contribution < -0.4 is 0 Å². The summed E-state index contributed by atoms with van der Waals surface area (Å²) in [7, 11) is 0. The standard InChI is InChI=1S/C9H6Br2S/c10-4-6-2-1-3-7-8(11)5-12-9(6)7/h1-3,5H,4H2. The van der Waals surface area contributed by atoms with Crippen molar-refractivity contribution >= 4 is 53.3 Å².